The quantitative estimate of drug-likeness (QED) is 0.432. The molecule has 0 aromatic carbocycles. The molecule has 0 saturated heterocycles. The van der Waals surface area contributed by atoms with E-state index in [1.807, 2.05) is 20.8 Å². The van der Waals surface area contributed by atoms with Crippen LogP contribution in [0.1, 0.15) is 80.6 Å². The molecule has 0 saturated carbocycles. The molecule has 0 fully saturated rings. The SMILES string of the molecule is CCC(CCCC(C)C)OC(=O)C(CC(C)C)(C(=O)O)C(C)C. The van der Waals surface area contributed by atoms with Crippen molar-refractivity contribution in [2.75, 3.05) is 0 Å². The molecule has 0 aromatic rings. The smallest absolute Gasteiger partial charge is 0.324 e. The maximum absolute atomic E-state index is 12.7. The molecular weight excluding hydrogens is 292 g/mol. The van der Waals surface area contributed by atoms with Gasteiger partial charge in [-0.3, -0.25) is 9.59 Å². The fourth-order valence-electron chi connectivity index (χ4n) is 2.98. The number of carboxylic acid groups (broad SMARTS) is 1. The minimum Gasteiger partial charge on any atom is -0.480 e. The summed E-state index contributed by atoms with van der Waals surface area (Å²) < 4.78 is 5.65. The van der Waals surface area contributed by atoms with Gasteiger partial charge >= 0.3 is 11.9 Å². The lowest BCUT2D eigenvalue weighted by Crippen LogP contribution is -2.47. The van der Waals surface area contributed by atoms with Crippen molar-refractivity contribution >= 4 is 11.9 Å². The Morgan fingerprint density at radius 1 is 1.00 bits per heavy atom. The van der Waals surface area contributed by atoms with Crippen molar-refractivity contribution in [1.82, 2.24) is 0 Å². The summed E-state index contributed by atoms with van der Waals surface area (Å²) in [5.41, 5.74) is -1.44. The van der Waals surface area contributed by atoms with Crippen molar-refractivity contribution < 1.29 is 19.4 Å². The highest BCUT2D eigenvalue weighted by molar-refractivity contribution is 5.99. The van der Waals surface area contributed by atoms with Crippen LogP contribution in [0.3, 0.4) is 0 Å². The van der Waals surface area contributed by atoms with Crippen molar-refractivity contribution in [2.45, 2.75) is 86.7 Å². The van der Waals surface area contributed by atoms with E-state index in [0.717, 1.165) is 25.7 Å². The lowest BCUT2D eigenvalue weighted by Gasteiger charge is -2.34. The van der Waals surface area contributed by atoms with Crippen LogP contribution in [0, 0.1) is 23.2 Å². The number of carboxylic acids is 1. The van der Waals surface area contributed by atoms with Crippen LogP contribution in [-0.4, -0.2) is 23.1 Å². The van der Waals surface area contributed by atoms with Gasteiger partial charge in [-0.1, -0.05) is 54.9 Å². The molecule has 0 bridgehead atoms. The summed E-state index contributed by atoms with van der Waals surface area (Å²) in [6, 6.07) is 0. The van der Waals surface area contributed by atoms with Crippen LogP contribution in [0.2, 0.25) is 0 Å². The topological polar surface area (TPSA) is 63.6 Å². The fraction of sp³-hybridized carbons (Fsp3) is 0.895. The second-order valence-electron chi connectivity index (χ2n) is 7.79. The molecule has 0 rings (SSSR count). The van der Waals surface area contributed by atoms with Gasteiger partial charge in [0.1, 0.15) is 6.10 Å². The van der Waals surface area contributed by atoms with E-state index in [0.29, 0.717) is 12.3 Å². The Hall–Kier alpha value is -1.06. The van der Waals surface area contributed by atoms with Crippen molar-refractivity contribution in [3.63, 3.8) is 0 Å². The summed E-state index contributed by atoms with van der Waals surface area (Å²) >= 11 is 0. The second-order valence-corrected chi connectivity index (χ2v) is 7.79. The third-order valence-electron chi connectivity index (χ3n) is 4.50. The highest BCUT2D eigenvalue weighted by Gasteiger charge is 2.51. The van der Waals surface area contributed by atoms with Crippen LogP contribution in [0.15, 0.2) is 0 Å². The summed E-state index contributed by atoms with van der Waals surface area (Å²) in [6.07, 6.45) is 3.73. The van der Waals surface area contributed by atoms with Gasteiger partial charge in [-0.25, -0.2) is 0 Å². The van der Waals surface area contributed by atoms with Gasteiger partial charge in [0.05, 0.1) is 0 Å². The van der Waals surface area contributed by atoms with E-state index >= 15 is 0 Å². The van der Waals surface area contributed by atoms with Crippen LogP contribution in [0.4, 0.5) is 0 Å². The van der Waals surface area contributed by atoms with Gasteiger partial charge in [0.15, 0.2) is 5.41 Å². The number of hydrogen-bond donors (Lipinski definition) is 1. The first kappa shape index (κ1) is 21.9. The molecule has 0 amide bonds. The van der Waals surface area contributed by atoms with Gasteiger partial charge in [-0.2, -0.15) is 0 Å². The third-order valence-corrected chi connectivity index (χ3v) is 4.50. The number of ether oxygens (including phenoxy) is 1. The standard InChI is InChI=1S/C19H36O4/c1-8-16(11-9-10-13(2)3)23-18(22)19(15(6)7,17(20)21)12-14(4)5/h13-16H,8-12H2,1-7H3,(H,20,21). The summed E-state index contributed by atoms with van der Waals surface area (Å²) in [6.45, 7) is 13.8. The summed E-state index contributed by atoms with van der Waals surface area (Å²) in [5, 5.41) is 9.75. The maximum atomic E-state index is 12.7. The molecule has 0 aromatic heterocycles. The predicted octanol–water partition coefficient (Wildman–Crippen LogP) is 4.91. The van der Waals surface area contributed by atoms with E-state index in [-0.39, 0.29) is 17.9 Å². The Balaban J connectivity index is 5.10. The Morgan fingerprint density at radius 3 is 1.91 bits per heavy atom. The molecule has 0 radical (unpaired) electrons. The molecule has 0 aliphatic rings. The number of carbonyl (C=O) groups excluding carboxylic acids is 1. The molecule has 2 atom stereocenters. The Bertz CT molecular complexity index is 374. The van der Waals surface area contributed by atoms with Crippen molar-refractivity contribution in [2.24, 2.45) is 23.2 Å². The van der Waals surface area contributed by atoms with Gasteiger partial charge in [-0.05, 0) is 43.4 Å². The number of hydrogen-bond acceptors (Lipinski definition) is 3. The highest BCUT2D eigenvalue weighted by Crippen LogP contribution is 2.37. The molecular formula is C19H36O4. The predicted molar refractivity (Wildman–Crippen MR) is 93.2 cm³/mol. The minimum atomic E-state index is -1.44. The Kier molecular flexibility index (Phi) is 9.48. The van der Waals surface area contributed by atoms with Crippen LogP contribution in [0.25, 0.3) is 0 Å². The molecule has 0 aliphatic carbocycles. The molecule has 1 N–H and O–H groups in total. The largest absolute Gasteiger partial charge is 0.480 e. The average molecular weight is 328 g/mol. The molecule has 136 valence electrons. The third kappa shape index (κ3) is 6.52. The average Bonchev–Trinajstić information content (AvgIpc) is 2.41. The molecule has 0 spiro atoms. The van der Waals surface area contributed by atoms with Gasteiger partial charge < -0.3 is 9.84 Å². The summed E-state index contributed by atoms with van der Waals surface area (Å²) in [5.74, 6) is -1.20. The van der Waals surface area contributed by atoms with Crippen molar-refractivity contribution in [3.05, 3.63) is 0 Å². The zero-order valence-electron chi connectivity index (χ0n) is 16.0. The monoisotopic (exact) mass is 328 g/mol. The zero-order chi connectivity index (χ0) is 18.2. The first-order valence-electron chi connectivity index (χ1n) is 9.02. The van der Waals surface area contributed by atoms with Crippen molar-refractivity contribution in [3.8, 4) is 0 Å². The van der Waals surface area contributed by atoms with E-state index in [1.165, 1.54) is 0 Å². The lowest BCUT2D eigenvalue weighted by molar-refractivity contribution is -0.178. The van der Waals surface area contributed by atoms with E-state index in [2.05, 4.69) is 13.8 Å². The molecule has 2 unspecified atom stereocenters. The molecule has 23 heavy (non-hydrogen) atoms. The molecule has 4 heteroatoms. The minimum absolute atomic E-state index is 0.113. The number of rotatable bonds is 11. The van der Waals surface area contributed by atoms with Gasteiger partial charge in [0.2, 0.25) is 0 Å². The van der Waals surface area contributed by atoms with E-state index < -0.39 is 17.4 Å². The first-order valence-corrected chi connectivity index (χ1v) is 9.02. The number of esters is 1. The molecule has 0 heterocycles. The normalized spacial score (nSPS) is 15.7. The maximum Gasteiger partial charge on any atom is 0.324 e. The zero-order valence-corrected chi connectivity index (χ0v) is 16.0. The van der Waals surface area contributed by atoms with Crippen LogP contribution < -0.4 is 0 Å². The number of carbonyl (C=O) groups is 2. The number of aliphatic carboxylic acids is 1. The summed E-state index contributed by atoms with van der Waals surface area (Å²) in [4.78, 5) is 24.7. The lowest BCUT2D eigenvalue weighted by atomic mass is 9.71. The van der Waals surface area contributed by atoms with E-state index in [9.17, 15) is 14.7 Å². The van der Waals surface area contributed by atoms with Gasteiger partial charge in [-0.15, -0.1) is 0 Å². The molecule has 0 aliphatic heterocycles. The Labute approximate surface area is 142 Å². The molecule has 4 nitrogen and oxygen atoms in total. The van der Waals surface area contributed by atoms with Gasteiger partial charge in [0, 0.05) is 0 Å². The first-order chi connectivity index (χ1) is 10.6. The van der Waals surface area contributed by atoms with E-state index in [1.54, 1.807) is 13.8 Å². The highest BCUT2D eigenvalue weighted by atomic mass is 16.5. The van der Waals surface area contributed by atoms with Gasteiger partial charge in [0.25, 0.3) is 0 Å². The Morgan fingerprint density at radius 2 is 1.57 bits per heavy atom. The van der Waals surface area contributed by atoms with Crippen molar-refractivity contribution in [1.29, 1.82) is 0 Å². The van der Waals surface area contributed by atoms with Crippen LogP contribution in [-0.2, 0) is 14.3 Å². The fourth-order valence-corrected chi connectivity index (χ4v) is 2.98. The van der Waals surface area contributed by atoms with Crippen LogP contribution in [0.5, 0.6) is 0 Å². The van der Waals surface area contributed by atoms with Crippen LogP contribution >= 0.6 is 0 Å². The second kappa shape index (κ2) is 9.94. The summed E-state index contributed by atoms with van der Waals surface area (Å²) in [7, 11) is 0. The van der Waals surface area contributed by atoms with E-state index in [4.69, 9.17) is 4.74 Å².